The summed E-state index contributed by atoms with van der Waals surface area (Å²) >= 11 is 0. The van der Waals surface area contributed by atoms with Gasteiger partial charge in [0.05, 0.1) is 11.6 Å². The Labute approximate surface area is 147 Å². The number of halogens is 1. The predicted octanol–water partition coefficient (Wildman–Crippen LogP) is 2.96. The number of aliphatic hydroxyl groups excluding tert-OH is 1. The third-order valence-electron chi connectivity index (χ3n) is 4.29. The third kappa shape index (κ3) is 4.64. The van der Waals surface area contributed by atoms with E-state index in [-0.39, 0.29) is 0 Å². The molecule has 0 heterocycles. The van der Waals surface area contributed by atoms with Crippen molar-refractivity contribution in [1.82, 2.24) is 4.90 Å². The van der Waals surface area contributed by atoms with E-state index in [1.54, 1.807) is 24.3 Å². The molecular weight excluding hydrogens is 319 g/mol. The minimum atomic E-state index is -1.57. The summed E-state index contributed by atoms with van der Waals surface area (Å²) in [6.07, 6.45) is -0.279. The predicted molar refractivity (Wildman–Crippen MR) is 94.2 cm³/mol. The molecule has 0 saturated carbocycles. The highest BCUT2D eigenvalue weighted by atomic mass is 19.1. The second kappa shape index (κ2) is 8.21. The molecule has 5 heteroatoms. The van der Waals surface area contributed by atoms with Crippen LogP contribution in [0.4, 0.5) is 4.39 Å². The van der Waals surface area contributed by atoms with Gasteiger partial charge in [-0.05, 0) is 68.9 Å². The maximum atomic E-state index is 13.3. The van der Waals surface area contributed by atoms with E-state index in [4.69, 9.17) is 5.26 Å². The largest absolute Gasteiger partial charge is 0.385 e. The van der Waals surface area contributed by atoms with E-state index in [9.17, 15) is 14.6 Å². The van der Waals surface area contributed by atoms with Gasteiger partial charge >= 0.3 is 0 Å². The van der Waals surface area contributed by atoms with Crippen LogP contribution in [-0.4, -0.2) is 35.8 Å². The lowest BCUT2D eigenvalue weighted by Gasteiger charge is -2.34. The van der Waals surface area contributed by atoms with Crippen LogP contribution >= 0.6 is 0 Å². The normalized spacial score (nSPS) is 14.8. The van der Waals surface area contributed by atoms with Gasteiger partial charge in [-0.25, -0.2) is 4.39 Å². The highest BCUT2D eigenvalue weighted by Gasteiger charge is 2.38. The van der Waals surface area contributed by atoms with Gasteiger partial charge in [-0.3, -0.25) is 0 Å². The summed E-state index contributed by atoms with van der Waals surface area (Å²) in [6, 6.07) is 14.1. The topological polar surface area (TPSA) is 67.5 Å². The van der Waals surface area contributed by atoms with Gasteiger partial charge in [0.15, 0.2) is 0 Å². The minimum Gasteiger partial charge on any atom is -0.385 e. The molecule has 2 atom stereocenters. The molecule has 2 aromatic rings. The molecule has 0 aliphatic heterocycles. The fraction of sp³-hybridized carbons (Fsp3) is 0.350. The second-order valence-corrected chi connectivity index (χ2v) is 6.48. The molecular formula is C20H23FN2O2. The van der Waals surface area contributed by atoms with Crippen LogP contribution in [0, 0.1) is 17.1 Å². The molecule has 2 aromatic carbocycles. The van der Waals surface area contributed by atoms with Gasteiger partial charge in [0.2, 0.25) is 0 Å². The van der Waals surface area contributed by atoms with E-state index in [1.165, 1.54) is 24.3 Å². The number of nitriles is 1. The van der Waals surface area contributed by atoms with E-state index in [0.29, 0.717) is 29.5 Å². The molecule has 0 spiro atoms. The summed E-state index contributed by atoms with van der Waals surface area (Å²) in [5.74, 6) is -0.402. The highest BCUT2D eigenvalue weighted by Crippen LogP contribution is 2.39. The summed E-state index contributed by atoms with van der Waals surface area (Å²) in [7, 11) is 3.87. The lowest BCUT2D eigenvalue weighted by Crippen LogP contribution is -2.34. The van der Waals surface area contributed by atoms with Crippen LogP contribution < -0.4 is 0 Å². The number of aliphatic hydroxyl groups is 2. The van der Waals surface area contributed by atoms with Crippen molar-refractivity contribution in [3.63, 3.8) is 0 Å². The van der Waals surface area contributed by atoms with Crippen molar-refractivity contribution in [3.05, 3.63) is 71.0 Å². The Bertz CT molecular complexity index is 740. The van der Waals surface area contributed by atoms with E-state index in [0.717, 1.165) is 6.54 Å². The van der Waals surface area contributed by atoms with Gasteiger partial charge in [0.25, 0.3) is 0 Å². The lowest BCUT2D eigenvalue weighted by molar-refractivity contribution is -0.0906. The van der Waals surface area contributed by atoms with Crippen molar-refractivity contribution in [2.45, 2.75) is 24.5 Å². The highest BCUT2D eigenvalue weighted by molar-refractivity contribution is 5.36. The van der Waals surface area contributed by atoms with Crippen molar-refractivity contribution in [2.75, 3.05) is 20.6 Å². The van der Waals surface area contributed by atoms with Crippen molar-refractivity contribution < 1.29 is 14.6 Å². The Morgan fingerprint density at radius 1 is 1.20 bits per heavy atom. The van der Waals surface area contributed by atoms with Crippen LogP contribution in [0.3, 0.4) is 0 Å². The molecule has 0 aliphatic rings. The van der Waals surface area contributed by atoms with Crippen molar-refractivity contribution in [2.24, 2.45) is 0 Å². The van der Waals surface area contributed by atoms with Crippen LogP contribution in [0.25, 0.3) is 0 Å². The van der Waals surface area contributed by atoms with Crippen LogP contribution in [0.5, 0.6) is 0 Å². The summed E-state index contributed by atoms with van der Waals surface area (Å²) < 4.78 is 13.3. The minimum absolute atomic E-state index is 0.300. The molecule has 2 rings (SSSR count). The molecule has 0 aromatic heterocycles. The third-order valence-corrected chi connectivity index (χ3v) is 4.29. The first-order valence-electron chi connectivity index (χ1n) is 8.18. The number of benzene rings is 2. The molecule has 0 saturated heterocycles. The number of rotatable bonds is 7. The average molecular weight is 342 g/mol. The zero-order valence-corrected chi connectivity index (χ0v) is 14.5. The molecule has 0 amide bonds. The van der Waals surface area contributed by atoms with Crippen LogP contribution in [0.1, 0.15) is 35.6 Å². The molecule has 4 nitrogen and oxygen atoms in total. The van der Waals surface area contributed by atoms with Gasteiger partial charge in [0, 0.05) is 0 Å². The monoisotopic (exact) mass is 342 g/mol. The van der Waals surface area contributed by atoms with Crippen molar-refractivity contribution in [3.8, 4) is 6.07 Å². The number of hydrogen-bond donors (Lipinski definition) is 2. The molecule has 0 bridgehead atoms. The first-order valence-corrected chi connectivity index (χ1v) is 8.18. The molecule has 2 N–H and O–H groups in total. The molecule has 0 fully saturated rings. The quantitative estimate of drug-likeness (QED) is 0.812. The zero-order valence-electron chi connectivity index (χ0n) is 14.5. The summed E-state index contributed by atoms with van der Waals surface area (Å²) in [5.41, 5.74) is -0.262. The molecule has 0 radical (unpaired) electrons. The van der Waals surface area contributed by atoms with Gasteiger partial charge in [-0.1, -0.05) is 24.3 Å². The number of nitrogens with zero attached hydrogens (tertiary/aromatic N) is 2. The SMILES string of the molecule is CN(C)CCC[C@](O)(c1ccc(F)cc1)[C@@H](O)c1cccc(C#N)c1. The summed E-state index contributed by atoms with van der Waals surface area (Å²) in [5, 5.41) is 31.2. The van der Waals surface area contributed by atoms with E-state index in [2.05, 4.69) is 0 Å². The Morgan fingerprint density at radius 2 is 1.88 bits per heavy atom. The Kier molecular flexibility index (Phi) is 6.27. The maximum Gasteiger partial charge on any atom is 0.123 e. The average Bonchev–Trinajstić information content (AvgIpc) is 2.61. The molecule has 0 unspecified atom stereocenters. The first kappa shape index (κ1) is 19.1. The smallest absolute Gasteiger partial charge is 0.123 e. The summed E-state index contributed by atoms with van der Waals surface area (Å²) in [6.45, 7) is 0.745. The van der Waals surface area contributed by atoms with Gasteiger partial charge in [-0.15, -0.1) is 0 Å². The fourth-order valence-corrected chi connectivity index (χ4v) is 2.90. The van der Waals surface area contributed by atoms with Crippen LogP contribution in [0.2, 0.25) is 0 Å². The van der Waals surface area contributed by atoms with Gasteiger partial charge < -0.3 is 15.1 Å². The van der Waals surface area contributed by atoms with Gasteiger partial charge in [0.1, 0.15) is 17.5 Å². The number of hydrogen-bond acceptors (Lipinski definition) is 4. The van der Waals surface area contributed by atoms with Gasteiger partial charge in [-0.2, -0.15) is 5.26 Å². The Balaban J connectivity index is 2.38. The van der Waals surface area contributed by atoms with Crippen molar-refractivity contribution >= 4 is 0 Å². The summed E-state index contributed by atoms with van der Waals surface area (Å²) in [4.78, 5) is 1.99. The zero-order chi connectivity index (χ0) is 18.4. The van der Waals surface area contributed by atoms with E-state index < -0.39 is 17.5 Å². The standard InChI is InChI=1S/C20H23FN2O2/c1-23(2)12-4-11-20(25,17-7-9-18(21)10-8-17)19(24)16-6-3-5-15(13-16)14-22/h3,5-10,13,19,24-25H,4,11-12H2,1-2H3/t19-,20-/m0/s1. The Hall–Kier alpha value is -2.26. The molecule has 0 aliphatic carbocycles. The first-order chi connectivity index (χ1) is 11.9. The maximum absolute atomic E-state index is 13.3. The lowest BCUT2D eigenvalue weighted by atomic mass is 9.80. The fourth-order valence-electron chi connectivity index (χ4n) is 2.90. The van der Waals surface area contributed by atoms with E-state index in [1.807, 2.05) is 25.1 Å². The Morgan fingerprint density at radius 3 is 2.48 bits per heavy atom. The second-order valence-electron chi connectivity index (χ2n) is 6.48. The van der Waals surface area contributed by atoms with Crippen LogP contribution in [0.15, 0.2) is 48.5 Å². The molecule has 132 valence electrons. The molecule has 25 heavy (non-hydrogen) atoms. The van der Waals surface area contributed by atoms with Crippen molar-refractivity contribution in [1.29, 1.82) is 5.26 Å². The van der Waals surface area contributed by atoms with Crippen LogP contribution in [-0.2, 0) is 5.60 Å². The van der Waals surface area contributed by atoms with E-state index >= 15 is 0 Å².